The summed E-state index contributed by atoms with van der Waals surface area (Å²) >= 11 is 9.56. The fourth-order valence-electron chi connectivity index (χ4n) is 1.37. The van der Waals surface area contributed by atoms with Crippen molar-refractivity contribution in [3.05, 3.63) is 51.2 Å². The normalized spacial score (nSPS) is 9.89. The molecule has 0 bridgehead atoms. The van der Waals surface area contributed by atoms with Crippen molar-refractivity contribution >= 4 is 34.7 Å². The van der Waals surface area contributed by atoms with Crippen LogP contribution in [-0.2, 0) is 5.75 Å². The van der Waals surface area contributed by atoms with Gasteiger partial charge in [0.15, 0.2) is 0 Å². The average Bonchev–Trinajstić information content (AvgIpc) is 2.83. The highest BCUT2D eigenvalue weighted by molar-refractivity contribution is 7.98. The van der Waals surface area contributed by atoms with Gasteiger partial charge in [0, 0.05) is 15.5 Å². The third-order valence-corrected chi connectivity index (χ3v) is 4.93. The Morgan fingerprint density at radius 1 is 1.22 bits per heavy atom. The maximum Gasteiger partial charge on any atom is 0.0772 e. The molecule has 0 spiro atoms. The van der Waals surface area contributed by atoms with Gasteiger partial charge in [0.1, 0.15) is 0 Å². The predicted octanol–water partition coefficient (Wildman–Crippen LogP) is 4.00. The molecule has 2 N–H and O–H groups in total. The van der Waals surface area contributed by atoms with Crippen LogP contribution in [0.5, 0.6) is 0 Å². The summed E-state index contributed by atoms with van der Waals surface area (Å²) in [5.41, 5.74) is 5.35. The van der Waals surface area contributed by atoms with E-state index in [1.54, 1.807) is 23.1 Å². The van der Waals surface area contributed by atoms with Crippen LogP contribution in [0.15, 0.2) is 41.3 Å². The first-order chi connectivity index (χ1) is 8.79. The molecule has 0 unspecified atom stereocenters. The number of hydrogen-bond donors (Lipinski definition) is 1. The lowest BCUT2D eigenvalue weighted by atomic mass is 10.4. The summed E-state index contributed by atoms with van der Waals surface area (Å²) in [5, 5.41) is 0.808. The van der Waals surface area contributed by atoms with E-state index in [9.17, 15) is 0 Å². The third-order valence-electron chi connectivity index (χ3n) is 2.18. The summed E-state index contributed by atoms with van der Waals surface area (Å²) in [4.78, 5) is 3.47. The van der Waals surface area contributed by atoms with Gasteiger partial charge in [-0.2, -0.15) is 0 Å². The first-order valence-corrected chi connectivity index (χ1v) is 7.62. The lowest BCUT2D eigenvalue weighted by molar-refractivity contribution is 1.30. The first-order valence-electron chi connectivity index (χ1n) is 5.44. The van der Waals surface area contributed by atoms with Gasteiger partial charge in [-0.25, -0.2) is 0 Å². The fraction of sp³-hybridized carbons (Fsp3) is 0.143. The van der Waals surface area contributed by atoms with E-state index in [2.05, 4.69) is 17.9 Å². The molecule has 0 fully saturated rings. The molecular formula is C14H12ClNS2. The molecule has 1 nitrogen and oxygen atoms in total. The monoisotopic (exact) mass is 293 g/mol. The number of nitrogens with two attached hydrogens (primary N) is 1. The molecule has 1 heterocycles. The van der Waals surface area contributed by atoms with Crippen LogP contribution in [0.4, 0.5) is 0 Å². The zero-order chi connectivity index (χ0) is 12.8. The average molecular weight is 294 g/mol. The highest BCUT2D eigenvalue weighted by atomic mass is 35.5. The zero-order valence-corrected chi connectivity index (χ0v) is 12.0. The minimum atomic E-state index is 0.404. The second-order valence-corrected chi connectivity index (χ2v) is 6.08. The Balaban J connectivity index is 1.98. The second kappa shape index (κ2) is 6.86. The Kier molecular flexibility index (Phi) is 5.15. The van der Waals surface area contributed by atoms with E-state index in [-0.39, 0.29) is 0 Å². The van der Waals surface area contributed by atoms with Gasteiger partial charge in [-0.15, -0.1) is 23.1 Å². The van der Waals surface area contributed by atoms with E-state index in [1.165, 1.54) is 4.88 Å². The molecule has 0 saturated carbocycles. The molecule has 0 radical (unpaired) electrons. The Bertz CT molecular complexity index is 581. The largest absolute Gasteiger partial charge is 0.320 e. The van der Waals surface area contributed by atoms with Gasteiger partial charge >= 0.3 is 0 Å². The molecule has 2 aromatic rings. The second-order valence-electron chi connectivity index (χ2n) is 3.49. The molecule has 1 aromatic carbocycles. The zero-order valence-electron chi connectivity index (χ0n) is 9.65. The van der Waals surface area contributed by atoms with Crippen LogP contribution >= 0.6 is 34.7 Å². The number of thiophene rings is 1. The highest BCUT2D eigenvalue weighted by Gasteiger charge is 2.02. The summed E-state index contributed by atoms with van der Waals surface area (Å²) in [6, 6.07) is 12.0. The molecule has 0 aliphatic carbocycles. The van der Waals surface area contributed by atoms with Gasteiger partial charge in [-0.05, 0) is 24.3 Å². The SMILES string of the molecule is NCC#Cc1ccc(CSc2ccccc2Cl)s1. The van der Waals surface area contributed by atoms with Crippen molar-refractivity contribution in [2.24, 2.45) is 5.73 Å². The Hall–Kier alpha value is -0.920. The topological polar surface area (TPSA) is 26.0 Å². The Labute approximate surface area is 120 Å². The molecule has 0 aliphatic heterocycles. The van der Waals surface area contributed by atoms with E-state index in [0.717, 1.165) is 20.5 Å². The molecule has 18 heavy (non-hydrogen) atoms. The van der Waals surface area contributed by atoms with Crippen LogP contribution < -0.4 is 5.73 Å². The van der Waals surface area contributed by atoms with Gasteiger partial charge in [-0.3, -0.25) is 0 Å². The van der Waals surface area contributed by atoms with Crippen LogP contribution in [0.3, 0.4) is 0 Å². The van der Waals surface area contributed by atoms with Gasteiger partial charge in [0.05, 0.1) is 16.4 Å². The molecular weight excluding hydrogens is 282 g/mol. The summed E-state index contributed by atoms with van der Waals surface area (Å²) in [7, 11) is 0. The van der Waals surface area contributed by atoms with Crippen molar-refractivity contribution in [3.63, 3.8) is 0 Å². The molecule has 0 amide bonds. The predicted molar refractivity (Wildman–Crippen MR) is 81.3 cm³/mol. The standard InChI is InChI=1S/C14H12ClNS2/c15-13-5-1-2-6-14(13)17-10-12-8-7-11(18-12)4-3-9-16/h1-2,5-8H,9-10,16H2. The van der Waals surface area contributed by atoms with Gasteiger partial charge in [0.2, 0.25) is 0 Å². The van der Waals surface area contributed by atoms with Crippen LogP contribution in [0.2, 0.25) is 5.02 Å². The molecule has 2 rings (SSSR count). The van der Waals surface area contributed by atoms with Crippen LogP contribution in [0, 0.1) is 11.8 Å². The minimum Gasteiger partial charge on any atom is -0.320 e. The quantitative estimate of drug-likeness (QED) is 0.684. The van der Waals surface area contributed by atoms with Crippen molar-refractivity contribution in [2.75, 3.05) is 6.54 Å². The Morgan fingerprint density at radius 2 is 2.06 bits per heavy atom. The summed E-state index contributed by atoms with van der Waals surface area (Å²) in [5.74, 6) is 6.82. The molecule has 1 aromatic heterocycles. The van der Waals surface area contributed by atoms with Crippen molar-refractivity contribution < 1.29 is 0 Å². The van der Waals surface area contributed by atoms with Crippen molar-refractivity contribution in [2.45, 2.75) is 10.6 Å². The van der Waals surface area contributed by atoms with Crippen molar-refractivity contribution in [3.8, 4) is 11.8 Å². The third kappa shape index (κ3) is 3.79. The van der Waals surface area contributed by atoms with Gasteiger partial charge in [-0.1, -0.05) is 35.6 Å². The van der Waals surface area contributed by atoms with E-state index >= 15 is 0 Å². The van der Waals surface area contributed by atoms with Crippen LogP contribution in [0.25, 0.3) is 0 Å². The smallest absolute Gasteiger partial charge is 0.0772 e. The summed E-state index contributed by atoms with van der Waals surface area (Å²) in [6.45, 7) is 0.404. The van der Waals surface area contributed by atoms with E-state index in [1.807, 2.05) is 30.3 Å². The van der Waals surface area contributed by atoms with Crippen molar-refractivity contribution in [1.82, 2.24) is 0 Å². The van der Waals surface area contributed by atoms with Gasteiger partial charge < -0.3 is 5.73 Å². The molecule has 0 aliphatic rings. The van der Waals surface area contributed by atoms with E-state index in [0.29, 0.717) is 6.54 Å². The Morgan fingerprint density at radius 3 is 2.83 bits per heavy atom. The summed E-state index contributed by atoms with van der Waals surface area (Å²) in [6.07, 6.45) is 0. The fourth-order valence-corrected chi connectivity index (χ4v) is 3.54. The lowest BCUT2D eigenvalue weighted by Gasteiger charge is -2.01. The number of thioether (sulfide) groups is 1. The van der Waals surface area contributed by atoms with Crippen LogP contribution in [0.1, 0.15) is 9.75 Å². The number of halogens is 1. The van der Waals surface area contributed by atoms with E-state index < -0.39 is 0 Å². The number of hydrogen-bond acceptors (Lipinski definition) is 3. The molecule has 92 valence electrons. The highest BCUT2D eigenvalue weighted by Crippen LogP contribution is 2.31. The molecule has 4 heteroatoms. The molecule has 0 saturated heterocycles. The maximum absolute atomic E-state index is 6.11. The number of rotatable bonds is 3. The first kappa shape index (κ1) is 13.5. The van der Waals surface area contributed by atoms with Crippen molar-refractivity contribution in [1.29, 1.82) is 0 Å². The molecule has 0 atom stereocenters. The minimum absolute atomic E-state index is 0.404. The maximum atomic E-state index is 6.11. The van der Waals surface area contributed by atoms with Crippen LogP contribution in [-0.4, -0.2) is 6.54 Å². The van der Waals surface area contributed by atoms with E-state index in [4.69, 9.17) is 17.3 Å². The summed E-state index contributed by atoms with van der Waals surface area (Å²) < 4.78 is 0. The lowest BCUT2D eigenvalue weighted by Crippen LogP contribution is -1.92. The number of benzene rings is 1. The van der Waals surface area contributed by atoms with Gasteiger partial charge in [0.25, 0.3) is 0 Å².